The van der Waals surface area contributed by atoms with E-state index in [4.69, 9.17) is 5.11 Å². The summed E-state index contributed by atoms with van der Waals surface area (Å²) in [6.07, 6.45) is 3.01. The van der Waals surface area contributed by atoms with E-state index >= 15 is 0 Å². The fraction of sp³-hybridized carbons (Fsp3) is 0.615. The molecule has 0 amide bonds. The number of sulfonamides is 1. The molecule has 2 rings (SSSR count). The maximum absolute atomic E-state index is 12.8. The fourth-order valence-electron chi connectivity index (χ4n) is 2.49. The summed E-state index contributed by atoms with van der Waals surface area (Å²) in [6, 6.07) is 1.58. The molecule has 1 unspecified atom stereocenters. The summed E-state index contributed by atoms with van der Waals surface area (Å²) in [5, 5.41) is 12.0. The lowest BCUT2D eigenvalue weighted by Crippen LogP contribution is -2.30. The highest BCUT2D eigenvalue weighted by atomic mass is 79.9. The molecule has 0 saturated carbocycles. The number of nitrogens with zero attached hydrogens (tertiary/aromatic N) is 2. The third-order valence-corrected chi connectivity index (χ3v) is 5.88. The van der Waals surface area contributed by atoms with Crippen molar-refractivity contribution in [3.8, 4) is 0 Å². The molecule has 1 aromatic rings. The van der Waals surface area contributed by atoms with Crippen LogP contribution in [0.2, 0.25) is 0 Å². The lowest BCUT2D eigenvalue weighted by atomic mass is 10.1. The number of hydrogen-bond acceptors (Lipinski definition) is 5. The molecule has 0 spiro atoms. The molecule has 1 aliphatic rings. The van der Waals surface area contributed by atoms with Crippen molar-refractivity contribution in [3.63, 3.8) is 0 Å². The number of anilines is 1. The molecule has 1 fully saturated rings. The van der Waals surface area contributed by atoms with Gasteiger partial charge in [-0.3, -0.25) is 0 Å². The Morgan fingerprint density at radius 1 is 1.57 bits per heavy atom. The van der Waals surface area contributed by atoms with E-state index in [1.807, 2.05) is 6.92 Å². The Hall–Kier alpha value is -0.700. The largest absolute Gasteiger partial charge is 0.396 e. The molecule has 1 atom stereocenters. The minimum Gasteiger partial charge on any atom is -0.396 e. The van der Waals surface area contributed by atoms with Gasteiger partial charge in [0.25, 0.3) is 0 Å². The van der Waals surface area contributed by atoms with Crippen molar-refractivity contribution < 1.29 is 13.5 Å². The number of aromatic nitrogens is 1. The highest BCUT2D eigenvalue weighted by Crippen LogP contribution is 2.30. The van der Waals surface area contributed by atoms with Gasteiger partial charge in [0.15, 0.2) is 0 Å². The van der Waals surface area contributed by atoms with Crippen molar-refractivity contribution in [2.24, 2.45) is 5.92 Å². The quantitative estimate of drug-likeness (QED) is 0.787. The van der Waals surface area contributed by atoms with E-state index in [1.54, 1.807) is 12.3 Å². The van der Waals surface area contributed by atoms with E-state index < -0.39 is 10.0 Å². The van der Waals surface area contributed by atoms with Gasteiger partial charge in [-0.1, -0.05) is 0 Å². The van der Waals surface area contributed by atoms with Crippen molar-refractivity contribution in [1.82, 2.24) is 9.29 Å². The Bertz CT molecular complexity index is 594. The summed E-state index contributed by atoms with van der Waals surface area (Å²) in [6.45, 7) is 3.54. The predicted molar refractivity (Wildman–Crippen MR) is 84.7 cm³/mol. The molecule has 2 N–H and O–H groups in total. The van der Waals surface area contributed by atoms with Gasteiger partial charge in [0, 0.05) is 36.9 Å². The van der Waals surface area contributed by atoms with E-state index in [1.165, 1.54) is 4.31 Å². The maximum atomic E-state index is 12.8. The van der Waals surface area contributed by atoms with Gasteiger partial charge in [-0.2, -0.15) is 4.31 Å². The SMILES string of the molecule is CCNc1ncc(Br)cc1S(=O)(=O)N1CCC(CCO)C1. The summed E-state index contributed by atoms with van der Waals surface area (Å²) in [4.78, 5) is 4.35. The summed E-state index contributed by atoms with van der Waals surface area (Å²) < 4.78 is 27.7. The van der Waals surface area contributed by atoms with E-state index in [0.29, 0.717) is 36.3 Å². The van der Waals surface area contributed by atoms with Gasteiger partial charge in [0.1, 0.15) is 10.7 Å². The Kier molecular flexibility index (Phi) is 5.59. The number of pyridine rings is 1. The molecule has 1 aliphatic heterocycles. The molecule has 118 valence electrons. The van der Waals surface area contributed by atoms with E-state index in [2.05, 4.69) is 26.2 Å². The molecular formula is C13H20BrN3O3S. The first-order valence-electron chi connectivity index (χ1n) is 6.99. The number of aliphatic hydroxyl groups excluding tert-OH is 1. The van der Waals surface area contributed by atoms with Crippen molar-refractivity contribution >= 4 is 31.8 Å². The van der Waals surface area contributed by atoms with Gasteiger partial charge in [0.05, 0.1) is 0 Å². The average molecular weight is 378 g/mol. The van der Waals surface area contributed by atoms with Crippen molar-refractivity contribution in [3.05, 3.63) is 16.7 Å². The van der Waals surface area contributed by atoms with Crippen LogP contribution in [0, 0.1) is 5.92 Å². The topological polar surface area (TPSA) is 82.5 Å². The van der Waals surface area contributed by atoms with Crippen LogP contribution in [0.3, 0.4) is 0 Å². The Morgan fingerprint density at radius 2 is 2.33 bits per heavy atom. The van der Waals surface area contributed by atoms with Gasteiger partial charge in [-0.05, 0) is 47.7 Å². The van der Waals surface area contributed by atoms with E-state index in [9.17, 15) is 8.42 Å². The summed E-state index contributed by atoms with van der Waals surface area (Å²) >= 11 is 3.28. The number of nitrogens with one attached hydrogen (secondary N) is 1. The zero-order valence-corrected chi connectivity index (χ0v) is 14.3. The lowest BCUT2D eigenvalue weighted by molar-refractivity contribution is 0.259. The second-order valence-corrected chi connectivity index (χ2v) is 7.88. The minimum atomic E-state index is -3.57. The maximum Gasteiger partial charge on any atom is 0.246 e. The van der Waals surface area contributed by atoms with Crippen LogP contribution in [0.5, 0.6) is 0 Å². The molecule has 0 aliphatic carbocycles. The Morgan fingerprint density at radius 3 is 3.00 bits per heavy atom. The first-order valence-corrected chi connectivity index (χ1v) is 9.22. The monoisotopic (exact) mass is 377 g/mol. The highest BCUT2D eigenvalue weighted by molar-refractivity contribution is 9.10. The van der Waals surface area contributed by atoms with Crippen molar-refractivity contribution in [2.75, 3.05) is 31.6 Å². The van der Waals surface area contributed by atoms with Crippen LogP contribution in [-0.2, 0) is 10.0 Å². The van der Waals surface area contributed by atoms with Gasteiger partial charge < -0.3 is 10.4 Å². The number of aliphatic hydroxyl groups is 1. The molecule has 2 heterocycles. The number of rotatable bonds is 6. The van der Waals surface area contributed by atoms with Crippen LogP contribution in [0.4, 0.5) is 5.82 Å². The third-order valence-electron chi connectivity index (χ3n) is 3.57. The molecule has 0 bridgehead atoms. The number of hydrogen-bond donors (Lipinski definition) is 2. The van der Waals surface area contributed by atoms with Crippen LogP contribution in [0.25, 0.3) is 0 Å². The molecule has 0 radical (unpaired) electrons. The molecule has 1 aromatic heterocycles. The normalized spacial score (nSPS) is 19.9. The van der Waals surface area contributed by atoms with Crippen LogP contribution in [0.1, 0.15) is 19.8 Å². The Labute approximate surface area is 133 Å². The second-order valence-electron chi connectivity index (χ2n) is 5.06. The zero-order valence-electron chi connectivity index (χ0n) is 11.9. The predicted octanol–water partition coefficient (Wildman–Crippen LogP) is 1.67. The first-order chi connectivity index (χ1) is 9.98. The molecule has 1 saturated heterocycles. The van der Waals surface area contributed by atoms with Crippen molar-refractivity contribution in [2.45, 2.75) is 24.7 Å². The fourth-order valence-corrected chi connectivity index (χ4v) is 4.65. The summed E-state index contributed by atoms with van der Waals surface area (Å²) in [5.41, 5.74) is 0. The van der Waals surface area contributed by atoms with Gasteiger partial charge in [-0.15, -0.1) is 0 Å². The minimum absolute atomic E-state index is 0.0969. The molecule has 8 heteroatoms. The van der Waals surface area contributed by atoms with E-state index in [-0.39, 0.29) is 17.4 Å². The van der Waals surface area contributed by atoms with Crippen LogP contribution in [0.15, 0.2) is 21.6 Å². The van der Waals surface area contributed by atoms with Crippen molar-refractivity contribution in [1.29, 1.82) is 0 Å². The lowest BCUT2D eigenvalue weighted by Gasteiger charge is -2.19. The van der Waals surface area contributed by atoms with E-state index in [0.717, 1.165) is 6.42 Å². The standard InChI is InChI=1S/C13H20BrN3O3S/c1-2-15-13-12(7-11(14)8-16-13)21(19,20)17-5-3-10(9-17)4-6-18/h7-8,10,18H,2-6,9H2,1H3,(H,15,16). The van der Waals surface area contributed by atoms with Crippen LogP contribution >= 0.6 is 15.9 Å². The highest BCUT2D eigenvalue weighted by Gasteiger charge is 2.34. The summed E-state index contributed by atoms with van der Waals surface area (Å²) in [5.74, 6) is 0.610. The summed E-state index contributed by atoms with van der Waals surface area (Å²) in [7, 11) is -3.57. The van der Waals surface area contributed by atoms with Crippen LogP contribution in [-0.4, -0.2) is 49.1 Å². The second kappa shape index (κ2) is 7.04. The van der Waals surface area contributed by atoms with Gasteiger partial charge >= 0.3 is 0 Å². The first kappa shape index (κ1) is 16.7. The molecule has 6 nitrogen and oxygen atoms in total. The van der Waals surface area contributed by atoms with Gasteiger partial charge in [0.2, 0.25) is 10.0 Å². The Balaban J connectivity index is 2.29. The van der Waals surface area contributed by atoms with Crippen LogP contribution < -0.4 is 5.32 Å². The average Bonchev–Trinajstić information content (AvgIpc) is 2.91. The third kappa shape index (κ3) is 3.74. The molecule has 21 heavy (non-hydrogen) atoms. The van der Waals surface area contributed by atoms with Gasteiger partial charge in [-0.25, -0.2) is 13.4 Å². The smallest absolute Gasteiger partial charge is 0.246 e. The number of halogens is 1. The molecular weight excluding hydrogens is 358 g/mol. The zero-order chi connectivity index (χ0) is 15.5. The molecule has 0 aromatic carbocycles.